The summed E-state index contributed by atoms with van der Waals surface area (Å²) in [7, 11) is -3.53. The SMILES string of the molecule is O=C1COC(=O)N1CC1CN(S(=O)(=O)c2ccc(Cl)s2)C1. The van der Waals surface area contributed by atoms with Crippen molar-refractivity contribution in [3.05, 3.63) is 16.5 Å². The maximum Gasteiger partial charge on any atom is 0.417 e. The maximum absolute atomic E-state index is 12.2. The minimum Gasteiger partial charge on any atom is -0.439 e. The minimum atomic E-state index is -3.53. The van der Waals surface area contributed by atoms with Gasteiger partial charge < -0.3 is 4.74 Å². The van der Waals surface area contributed by atoms with Crippen LogP contribution in [0.25, 0.3) is 0 Å². The zero-order valence-electron chi connectivity index (χ0n) is 10.7. The van der Waals surface area contributed by atoms with E-state index in [2.05, 4.69) is 4.74 Å². The van der Waals surface area contributed by atoms with Crippen LogP contribution in [0.4, 0.5) is 4.79 Å². The van der Waals surface area contributed by atoms with Crippen molar-refractivity contribution in [2.45, 2.75) is 4.21 Å². The third-order valence-electron chi connectivity index (χ3n) is 3.35. The molecule has 0 saturated carbocycles. The average molecular weight is 351 g/mol. The van der Waals surface area contributed by atoms with Gasteiger partial charge >= 0.3 is 6.09 Å². The van der Waals surface area contributed by atoms with Crippen LogP contribution < -0.4 is 0 Å². The first kappa shape index (κ1) is 14.8. The third kappa shape index (κ3) is 2.66. The van der Waals surface area contributed by atoms with Crippen LogP contribution in [0.2, 0.25) is 4.34 Å². The number of sulfonamides is 1. The van der Waals surface area contributed by atoms with Gasteiger partial charge in [0.25, 0.3) is 15.9 Å². The molecule has 21 heavy (non-hydrogen) atoms. The van der Waals surface area contributed by atoms with Crippen molar-refractivity contribution in [1.82, 2.24) is 9.21 Å². The van der Waals surface area contributed by atoms with Crippen molar-refractivity contribution >= 4 is 45.0 Å². The lowest BCUT2D eigenvalue weighted by atomic mass is 10.0. The summed E-state index contributed by atoms with van der Waals surface area (Å²) >= 11 is 6.75. The second-order valence-electron chi connectivity index (χ2n) is 4.81. The first-order valence-electron chi connectivity index (χ1n) is 6.10. The highest BCUT2D eigenvalue weighted by Crippen LogP contribution is 2.32. The lowest BCUT2D eigenvalue weighted by molar-refractivity contribution is -0.126. The van der Waals surface area contributed by atoms with E-state index in [0.717, 1.165) is 16.2 Å². The van der Waals surface area contributed by atoms with Gasteiger partial charge in [-0.1, -0.05) is 11.6 Å². The van der Waals surface area contributed by atoms with Gasteiger partial charge in [0.1, 0.15) is 4.21 Å². The van der Waals surface area contributed by atoms with Crippen molar-refractivity contribution < 1.29 is 22.7 Å². The molecule has 3 rings (SSSR count). The molecular formula is C11H11ClN2O5S2. The Labute approximate surface area is 130 Å². The van der Waals surface area contributed by atoms with Crippen LogP contribution in [0.15, 0.2) is 16.3 Å². The van der Waals surface area contributed by atoms with Gasteiger partial charge in [-0.15, -0.1) is 11.3 Å². The van der Waals surface area contributed by atoms with Crippen LogP contribution in [0, 0.1) is 5.92 Å². The molecule has 0 aromatic carbocycles. The molecule has 2 saturated heterocycles. The Bertz CT molecular complexity index is 679. The number of amides is 2. The number of thiophene rings is 1. The fraction of sp³-hybridized carbons (Fsp3) is 0.455. The smallest absolute Gasteiger partial charge is 0.417 e. The van der Waals surface area contributed by atoms with Gasteiger partial charge in [-0.25, -0.2) is 18.1 Å². The molecule has 10 heteroatoms. The molecule has 1 aromatic rings. The second-order valence-corrected chi connectivity index (χ2v) is 8.69. The number of hydrogen-bond donors (Lipinski definition) is 0. The summed E-state index contributed by atoms with van der Waals surface area (Å²) in [6.45, 7) is 0.500. The zero-order chi connectivity index (χ0) is 15.2. The minimum absolute atomic E-state index is 0.0650. The second kappa shape index (κ2) is 5.24. The van der Waals surface area contributed by atoms with E-state index in [9.17, 15) is 18.0 Å². The number of ether oxygens (including phenoxy) is 1. The number of hydrogen-bond acceptors (Lipinski definition) is 6. The number of cyclic esters (lactones) is 1. The summed E-state index contributed by atoms with van der Waals surface area (Å²) in [4.78, 5) is 23.7. The topological polar surface area (TPSA) is 84.0 Å². The van der Waals surface area contributed by atoms with Crippen LogP contribution in [0.5, 0.6) is 0 Å². The van der Waals surface area contributed by atoms with Gasteiger partial charge in [0.15, 0.2) is 6.61 Å². The summed E-state index contributed by atoms with van der Waals surface area (Å²) in [5.74, 6) is -0.448. The van der Waals surface area contributed by atoms with Crippen molar-refractivity contribution in [3.63, 3.8) is 0 Å². The Morgan fingerprint density at radius 3 is 2.57 bits per heavy atom. The summed E-state index contributed by atoms with van der Waals surface area (Å²) in [6.07, 6.45) is -0.661. The van der Waals surface area contributed by atoms with E-state index in [1.807, 2.05) is 0 Å². The molecule has 0 radical (unpaired) electrons. The predicted octanol–water partition coefficient (Wildman–Crippen LogP) is 1.00. The number of imide groups is 1. The molecule has 114 valence electrons. The van der Waals surface area contributed by atoms with Crippen LogP contribution in [0.3, 0.4) is 0 Å². The molecule has 3 heterocycles. The fourth-order valence-corrected chi connectivity index (χ4v) is 5.44. The van der Waals surface area contributed by atoms with Crippen LogP contribution in [-0.2, 0) is 19.6 Å². The average Bonchev–Trinajstić information content (AvgIpc) is 2.92. The molecule has 2 aliphatic heterocycles. The van der Waals surface area contributed by atoms with Gasteiger partial charge in [-0.2, -0.15) is 4.31 Å². The van der Waals surface area contributed by atoms with E-state index >= 15 is 0 Å². The molecule has 2 amide bonds. The van der Waals surface area contributed by atoms with E-state index in [-0.39, 0.29) is 42.3 Å². The Morgan fingerprint density at radius 1 is 1.33 bits per heavy atom. The molecule has 0 N–H and O–H groups in total. The highest BCUT2D eigenvalue weighted by Gasteiger charge is 2.41. The zero-order valence-corrected chi connectivity index (χ0v) is 13.1. The highest BCUT2D eigenvalue weighted by atomic mass is 35.5. The number of rotatable bonds is 4. The summed E-state index contributed by atoms with van der Waals surface area (Å²) < 4.78 is 31.0. The normalized spacial score (nSPS) is 20.7. The van der Waals surface area contributed by atoms with Crippen LogP contribution in [0.1, 0.15) is 0 Å². The number of carbonyl (C=O) groups excluding carboxylic acids is 2. The van der Waals surface area contributed by atoms with Gasteiger partial charge in [0.05, 0.1) is 4.34 Å². The Kier molecular flexibility index (Phi) is 3.68. The predicted molar refractivity (Wildman–Crippen MR) is 74.6 cm³/mol. The monoisotopic (exact) mass is 350 g/mol. The molecule has 0 spiro atoms. The van der Waals surface area contributed by atoms with Crippen molar-refractivity contribution in [2.24, 2.45) is 5.92 Å². The van der Waals surface area contributed by atoms with E-state index in [4.69, 9.17) is 11.6 Å². The summed E-state index contributed by atoms with van der Waals surface area (Å²) in [5, 5.41) is 0. The van der Waals surface area contributed by atoms with E-state index in [1.54, 1.807) is 0 Å². The Balaban J connectivity index is 1.61. The van der Waals surface area contributed by atoms with Gasteiger partial charge in [-0.3, -0.25) is 4.79 Å². The molecule has 0 unspecified atom stereocenters. The molecule has 0 aliphatic carbocycles. The summed E-state index contributed by atoms with van der Waals surface area (Å²) in [6, 6.07) is 3.01. The number of nitrogens with zero attached hydrogens (tertiary/aromatic N) is 2. The molecule has 1 aromatic heterocycles. The molecule has 2 aliphatic rings. The molecule has 0 atom stereocenters. The molecule has 2 fully saturated rings. The Hall–Kier alpha value is -1.16. The van der Waals surface area contributed by atoms with Crippen molar-refractivity contribution in [1.29, 1.82) is 0 Å². The van der Waals surface area contributed by atoms with Crippen molar-refractivity contribution in [2.75, 3.05) is 26.2 Å². The quantitative estimate of drug-likeness (QED) is 0.809. The van der Waals surface area contributed by atoms with E-state index in [1.165, 1.54) is 16.4 Å². The molecule has 7 nitrogen and oxygen atoms in total. The van der Waals surface area contributed by atoms with E-state index in [0.29, 0.717) is 4.34 Å². The van der Waals surface area contributed by atoms with Gasteiger partial charge in [-0.05, 0) is 12.1 Å². The van der Waals surface area contributed by atoms with Gasteiger partial charge in [0, 0.05) is 25.6 Å². The largest absolute Gasteiger partial charge is 0.439 e. The van der Waals surface area contributed by atoms with Crippen LogP contribution >= 0.6 is 22.9 Å². The molecular weight excluding hydrogens is 340 g/mol. The lowest BCUT2D eigenvalue weighted by Gasteiger charge is -2.38. The third-order valence-corrected chi connectivity index (χ3v) is 6.88. The number of carbonyl (C=O) groups is 2. The lowest BCUT2D eigenvalue weighted by Crippen LogP contribution is -2.54. The van der Waals surface area contributed by atoms with Gasteiger partial charge in [0.2, 0.25) is 0 Å². The number of halogens is 1. The standard InChI is InChI=1S/C11H11ClN2O5S2/c12-8-1-2-10(20-8)21(17,18)13-3-7(4-13)5-14-9(15)6-19-11(14)16/h1-2,7H,3-6H2. The Morgan fingerprint density at radius 2 is 2.05 bits per heavy atom. The first-order valence-corrected chi connectivity index (χ1v) is 8.74. The highest BCUT2D eigenvalue weighted by molar-refractivity contribution is 7.91. The fourth-order valence-electron chi connectivity index (χ4n) is 2.21. The first-order chi connectivity index (χ1) is 9.88. The molecule has 0 bridgehead atoms. The summed E-state index contributed by atoms with van der Waals surface area (Å²) in [5.41, 5.74) is 0. The van der Waals surface area contributed by atoms with Crippen LogP contribution in [-0.4, -0.2) is 55.9 Å². The maximum atomic E-state index is 12.2. The van der Waals surface area contributed by atoms with Crippen molar-refractivity contribution in [3.8, 4) is 0 Å². The van der Waals surface area contributed by atoms with E-state index < -0.39 is 16.1 Å².